The van der Waals surface area contributed by atoms with E-state index in [9.17, 15) is 9.59 Å². The molecule has 16 heavy (non-hydrogen) atoms. The van der Waals surface area contributed by atoms with Gasteiger partial charge in [-0.15, -0.1) is 0 Å². The van der Waals surface area contributed by atoms with E-state index in [1.807, 2.05) is 0 Å². The van der Waals surface area contributed by atoms with Crippen LogP contribution in [0.25, 0.3) is 0 Å². The average Bonchev–Trinajstić information content (AvgIpc) is 2.14. The van der Waals surface area contributed by atoms with E-state index in [2.05, 4.69) is 4.98 Å². The first-order valence-electron chi connectivity index (χ1n) is 4.35. The summed E-state index contributed by atoms with van der Waals surface area (Å²) in [5, 5.41) is 0. The van der Waals surface area contributed by atoms with Crippen LogP contribution in [0.5, 0.6) is 0 Å². The maximum atomic E-state index is 11.5. The summed E-state index contributed by atoms with van der Waals surface area (Å²) in [7, 11) is 0. The van der Waals surface area contributed by atoms with Crippen LogP contribution in [0, 0.1) is 0 Å². The van der Waals surface area contributed by atoms with Gasteiger partial charge in [0, 0.05) is 12.7 Å². The van der Waals surface area contributed by atoms with E-state index in [-0.39, 0.29) is 12.4 Å². The number of aromatic amines is 1. The van der Waals surface area contributed by atoms with E-state index >= 15 is 0 Å². The monoisotopic (exact) mass is 286 g/mol. The molecule has 1 rings (SSSR count). The predicted octanol–water partition coefficient (Wildman–Crippen LogP) is 1.36. The van der Waals surface area contributed by atoms with Gasteiger partial charge in [-0.25, -0.2) is 4.79 Å². The van der Waals surface area contributed by atoms with Gasteiger partial charge in [0.05, 0.1) is 5.69 Å². The first kappa shape index (κ1) is 13.6. The molecule has 0 saturated heterocycles. The van der Waals surface area contributed by atoms with Crippen LogP contribution in [0.4, 0.5) is 0 Å². The molecule has 0 aliphatic heterocycles. The van der Waals surface area contributed by atoms with Gasteiger partial charge in [0.1, 0.15) is 6.73 Å². The number of aromatic nitrogens is 2. The van der Waals surface area contributed by atoms with Crippen molar-refractivity contribution in [3.8, 4) is 0 Å². The molecular weight excluding hydrogens is 278 g/mol. The van der Waals surface area contributed by atoms with Gasteiger partial charge in [-0.2, -0.15) is 0 Å². The molecule has 0 amide bonds. The Kier molecular flexibility index (Phi) is 4.43. The molecule has 0 unspecified atom stereocenters. The minimum Gasteiger partial charge on any atom is -0.361 e. The summed E-state index contributed by atoms with van der Waals surface area (Å²) >= 11 is 16.9. The standard InChI is InChI=1S/C8H9Cl3N2O3/c1-2-16-4-13-5(8(9,10)11)3-6(14)12-7(13)15/h3H,2,4H2,1H3,(H,12,14,15). The van der Waals surface area contributed by atoms with E-state index in [0.717, 1.165) is 10.6 Å². The zero-order valence-corrected chi connectivity index (χ0v) is 10.6. The van der Waals surface area contributed by atoms with Crippen molar-refractivity contribution in [2.24, 2.45) is 0 Å². The summed E-state index contributed by atoms with van der Waals surface area (Å²) in [4.78, 5) is 24.6. The Bertz CT molecular complexity index is 475. The van der Waals surface area contributed by atoms with Crippen LogP contribution in [-0.2, 0) is 15.3 Å². The molecule has 1 N–H and O–H groups in total. The highest BCUT2D eigenvalue weighted by atomic mass is 35.6. The molecule has 0 aliphatic rings. The molecule has 1 aromatic rings. The first-order chi connectivity index (χ1) is 7.36. The summed E-state index contributed by atoms with van der Waals surface area (Å²) in [5.41, 5.74) is -1.33. The van der Waals surface area contributed by atoms with Gasteiger partial charge in [0.25, 0.3) is 5.56 Å². The lowest BCUT2D eigenvalue weighted by atomic mass is 10.4. The topological polar surface area (TPSA) is 64.1 Å². The smallest absolute Gasteiger partial charge is 0.330 e. The fourth-order valence-electron chi connectivity index (χ4n) is 1.07. The lowest BCUT2D eigenvalue weighted by Crippen LogP contribution is -2.35. The van der Waals surface area contributed by atoms with E-state index in [1.165, 1.54) is 0 Å². The molecule has 1 aromatic heterocycles. The molecule has 0 aliphatic carbocycles. The summed E-state index contributed by atoms with van der Waals surface area (Å²) in [6.07, 6.45) is 0. The third kappa shape index (κ3) is 3.25. The molecule has 0 fully saturated rings. The number of nitrogens with zero attached hydrogens (tertiary/aromatic N) is 1. The number of halogens is 3. The van der Waals surface area contributed by atoms with Gasteiger partial charge in [-0.3, -0.25) is 14.3 Å². The number of alkyl halides is 3. The molecule has 90 valence electrons. The maximum absolute atomic E-state index is 11.5. The van der Waals surface area contributed by atoms with Gasteiger partial charge < -0.3 is 4.74 Å². The van der Waals surface area contributed by atoms with Crippen molar-refractivity contribution in [1.82, 2.24) is 9.55 Å². The van der Waals surface area contributed by atoms with Gasteiger partial charge in [-0.05, 0) is 6.92 Å². The lowest BCUT2D eigenvalue weighted by Gasteiger charge is -2.17. The van der Waals surface area contributed by atoms with Gasteiger partial charge in [-0.1, -0.05) is 34.8 Å². The van der Waals surface area contributed by atoms with Crippen LogP contribution in [0.2, 0.25) is 0 Å². The van der Waals surface area contributed by atoms with Crippen LogP contribution < -0.4 is 11.2 Å². The second kappa shape index (κ2) is 5.23. The Morgan fingerprint density at radius 3 is 2.56 bits per heavy atom. The Morgan fingerprint density at radius 1 is 1.44 bits per heavy atom. The van der Waals surface area contributed by atoms with Crippen molar-refractivity contribution in [2.75, 3.05) is 6.61 Å². The molecule has 0 saturated carbocycles. The molecule has 0 bridgehead atoms. The molecular formula is C8H9Cl3N2O3. The fraction of sp³-hybridized carbons (Fsp3) is 0.500. The van der Waals surface area contributed by atoms with E-state index in [1.54, 1.807) is 6.92 Å². The van der Waals surface area contributed by atoms with E-state index in [4.69, 9.17) is 39.5 Å². The molecule has 5 nitrogen and oxygen atoms in total. The molecule has 8 heteroatoms. The van der Waals surface area contributed by atoms with Crippen molar-refractivity contribution in [1.29, 1.82) is 0 Å². The normalized spacial score (nSPS) is 11.8. The molecule has 0 radical (unpaired) electrons. The fourth-order valence-corrected chi connectivity index (χ4v) is 1.54. The van der Waals surface area contributed by atoms with Gasteiger partial charge in [0.15, 0.2) is 0 Å². The highest BCUT2D eigenvalue weighted by Crippen LogP contribution is 2.36. The van der Waals surface area contributed by atoms with Crippen LogP contribution in [0.3, 0.4) is 0 Å². The van der Waals surface area contributed by atoms with Crippen molar-refractivity contribution >= 4 is 34.8 Å². The second-order valence-electron chi connectivity index (χ2n) is 2.87. The maximum Gasteiger partial charge on any atom is 0.330 e. The van der Waals surface area contributed by atoms with Crippen LogP contribution >= 0.6 is 34.8 Å². The third-order valence-corrected chi connectivity index (χ3v) is 2.33. The highest BCUT2D eigenvalue weighted by Gasteiger charge is 2.27. The summed E-state index contributed by atoms with van der Waals surface area (Å²) in [6, 6.07) is 1.05. The molecule has 1 heterocycles. The number of hydrogen-bond donors (Lipinski definition) is 1. The van der Waals surface area contributed by atoms with Gasteiger partial charge >= 0.3 is 5.69 Å². The Hall–Kier alpha value is -0.490. The zero-order chi connectivity index (χ0) is 12.3. The summed E-state index contributed by atoms with van der Waals surface area (Å²) in [5.74, 6) is 0. The SMILES string of the molecule is CCOCn1c(C(Cl)(Cl)Cl)cc(=O)[nH]c1=O. The van der Waals surface area contributed by atoms with Crippen molar-refractivity contribution in [3.63, 3.8) is 0 Å². The third-order valence-electron chi connectivity index (χ3n) is 1.75. The number of H-pyrrole nitrogens is 1. The number of ether oxygens (including phenoxy) is 1. The van der Waals surface area contributed by atoms with Crippen LogP contribution in [0.1, 0.15) is 12.6 Å². The molecule has 0 aromatic carbocycles. The molecule has 0 atom stereocenters. The lowest BCUT2D eigenvalue weighted by molar-refractivity contribution is 0.0823. The quantitative estimate of drug-likeness (QED) is 0.854. The Labute approximate surface area is 106 Å². The minimum atomic E-state index is -1.86. The highest BCUT2D eigenvalue weighted by molar-refractivity contribution is 6.66. The molecule has 0 spiro atoms. The second-order valence-corrected chi connectivity index (χ2v) is 5.15. The summed E-state index contributed by atoms with van der Waals surface area (Å²) < 4.78 is 4.24. The van der Waals surface area contributed by atoms with E-state index in [0.29, 0.717) is 6.61 Å². The van der Waals surface area contributed by atoms with Gasteiger partial charge in [0.2, 0.25) is 3.79 Å². The van der Waals surface area contributed by atoms with Crippen molar-refractivity contribution in [2.45, 2.75) is 17.4 Å². The number of nitrogens with one attached hydrogen (secondary N) is 1. The van der Waals surface area contributed by atoms with Crippen LogP contribution in [-0.4, -0.2) is 16.2 Å². The number of hydrogen-bond acceptors (Lipinski definition) is 3. The summed E-state index contributed by atoms with van der Waals surface area (Å²) in [6.45, 7) is 2.06. The van der Waals surface area contributed by atoms with Crippen molar-refractivity contribution < 1.29 is 4.74 Å². The Morgan fingerprint density at radius 2 is 2.06 bits per heavy atom. The van der Waals surface area contributed by atoms with E-state index < -0.39 is 15.0 Å². The number of rotatable bonds is 3. The predicted molar refractivity (Wildman–Crippen MR) is 62.2 cm³/mol. The van der Waals surface area contributed by atoms with Crippen molar-refractivity contribution in [3.05, 3.63) is 32.6 Å². The zero-order valence-electron chi connectivity index (χ0n) is 8.30. The average molecular weight is 288 g/mol. The van der Waals surface area contributed by atoms with Crippen LogP contribution in [0.15, 0.2) is 15.7 Å². The largest absolute Gasteiger partial charge is 0.361 e. The first-order valence-corrected chi connectivity index (χ1v) is 5.48. The minimum absolute atomic E-state index is 0.0281. The Balaban J connectivity index is 3.33.